The summed E-state index contributed by atoms with van der Waals surface area (Å²) < 4.78 is 21.0. The van der Waals surface area contributed by atoms with E-state index < -0.39 is 0 Å². The second kappa shape index (κ2) is 14.2. The third-order valence-corrected chi connectivity index (χ3v) is 8.69. The van der Waals surface area contributed by atoms with E-state index in [0.29, 0.717) is 45.4 Å². The van der Waals surface area contributed by atoms with Gasteiger partial charge in [-0.15, -0.1) is 0 Å². The molecule has 0 fully saturated rings. The van der Waals surface area contributed by atoms with Crippen molar-refractivity contribution in [2.45, 2.75) is 40.2 Å². The molecule has 232 valence electrons. The molecule has 0 aliphatic heterocycles. The minimum Gasteiger partial charge on any atom is -0.494 e. The minimum atomic E-state index is -0.304. The average molecular weight is 754 g/mol. The smallest absolute Gasteiger partial charge is 0.282 e. The number of methoxy groups -OCH3 is 1. The molecule has 0 atom stereocenters. The van der Waals surface area contributed by atoms with Crippen LogP contribution in [0.25, 0.3) is 22.3 Å². The van der Waals surface area contributed by atoms with E-state index >= 15 is 0 Å². The highest BCUT2D eigenvalue weighted by atomic mass is 79.9. The van der Waals surface area contributed by atoms with Gasteiger partial charge in [0.2, 0.25) is 0 Å². The Morgan fingerprint density at radius 2 is 1.80 bits per heavy atom. The second-order valence-corrected chi connectivity index (χ2v) is 12.9. The lowest BCUT2D eigenvalue weighted by molar-refractivity contribution is 0.283. The fourth-order valence-electron chi connectivity index (χ4n) is 4.98. The zero-order valence-electron chi connectivity index (χ0n) is 25.5. The van der Waals surface area contributed by atoms with Gasteiger partial charge in [-0.2, -0.15) is 9.78 Å². The third-order valence-electron chi connectivity index (χ3n) is 7.24. The van der Waals surface area contributed by atoms with Gasteiger partial charge >= 0.3 is 0 Å². The largest absolute Gasteiger partial charge is 0.494 e. The Bertz CT molecular complexity index is 1970. The number of hydrogen-bond donors (Lipinski definition) is 0. The molecule has 0 N–H and O–H groups in total. The molecule has 5 aromatic rings. The maximum atomic E-state index is 14.0. The number of nitrogens with zero attached hydrogens (tertiary/aromatic N) is 3. The zero-order chi connectivity index (χ0) is 32.2. The summed E-state index contributed by atoms with van der Waals surface area (Å²) in [6.45, 7) is 8.96. The summed E-state index contributed by atoms with van der Waals surface area (Å²) in [7, 11) is 1.55. The van der Waals surface area contributed by atoms with Crippen LogP contribution in [0.4, 0.5) is 0 Å². The van der Waals surface area contributed by atoms with E-state index in [-0.39, 0.29) is 18.1 Å². The molecule has 0 unspecified atom stereocenters. The Kier molecular flexibility index (Phi) is 10.3. The maximum Gasteiger partial charge on any atom is 0.282 e. The van der Waals surface area contributed by atoms with Crippen LogP contribution < -0.4 is 19.8 Å². The van der Waals surface area contributed by atoms with Crippen molar-refractivity contribution in [2.24, 2.45) is 5.10 Å². The van der Waals surface area contributed by atoms with Gasteiger partial charge in [-0.3, -0.25) is 4.79 Å². The van der Waals surface area contributed by atoms with Gasteiger partial charge in [0, 0.05) is 36.7 Å². The predicted molar refractivity (Wildman–Crippen MR) is 189 cm³/mol. The second-order valence-electron chi connectivity index (χ2n) is 10.7. The van der Waals surface area contributed by atoms with Crippen LogP contribution in [-0.4, -0.2) is 29.6 Å². The molecule has 1 aromatic heterocycles. The molecule has 0 saturated heterocycles. The molecule has 4 aromatic carbocycles. The summed E-state index contributed by atoms with van der Waals surface area (Å²) in [4.78, 5) is 18.9. The minimum absolute atomic E-state index is 0.180. The molecular formula is C35H32Br2ClN3O4. The highest BCUT2D eigenvalue weighted by molar-refractivity contribution is 9.11. The Hall–Kier alpha value is -3.66. The van der Waals surface area contributed by atoms with Crippen LogP contribution in [0, 0.1) is 6.92 Å². The van der Waals surface area contributed by atoms with Crippen LogP contribution in [0.5, 0.6) is 17.2 Å². The Morgan fingerprint density at radius 1 is 1.02 bits per heavy atom. The van der Waals surface area contributed by atoms with Gasteiger partial charge in [-0.05, 0) is 73.4 Å². The van der Waals surface area contributed by atoms with Gasteiger partial charge in [0.1, 0.15) is 12.4 Å². The first-order valence-electron chi connectivity index (χ1n) is 14.4. The van der Waals surface area contributed by atoms with E-state index in [1.807, 2.05) is 62.4 Å². The molecule has 0 bridgehead atoms. The first kappa shape index (κ1) is 32.7. The van der Waals surface area contributed by atoms with E-state index in [0.717, 1.165) is 36.9 Å². The fourth-order valence-corrected chi connectivity index (χ4v) is 6.35. The van der Waals surface area contributed by atoms with Crippen molar-refractivity contribution in [1.82, 2.24) is 9.66 Å². The molecule has 0 amide bonds. The number of hydrogen-bond acceptors (Lipinski definition) is 6. The normalized spacial score (nSPS) is 11.5. The lowest BCUT2D eigenvalue weighted by atomic mass is 9.96. The predicted octanol–water partition coefficient (Wildman–Crippen LogP) is 9.54. The van der Waals surface area contributed by atoms with Crippen molar-refractivity contribution >= 4 is 60.6 Å². The highest BCUT2D eigenvalue weighted by Crippen LogP contribution is 2.36. The molecule has 0 saturated carbocycles. The standard InChI is InChI=1S/C35H32Br2ClN3O4/c1-6-44-31-13-21(4)28(17-27(31)20(2)3)34-40-30-10-8-7-9-26(30)35(42)41(34)39-18-23-14-25(38)16-32(43-5)33(23)45-19-22-11-12-24(36)15-29(22)37/h7-18,20H,6,19H2,1-5H3. The Balaban J connectivity index is 1.67. The number of aromatic nitrogens is 2. The lowest BCUT2D eigenvalue weighted by Crippen LogP contribution is -2.21. The Morgan fingerprint density at radius 3 is 2.51 bits per heavy atom. The number of benzene rings is 4. The molecule has 10 heteroatoms. The molecule has 0 aliphatic carbocycles. The van der Waals surface area contributed by atoms with Gasteiger partial charge in [-0.25, -0.2) is 4.98 Å². The van der Waals surface area contributed by atoms with Gasteiger partial charge in [0.15, 0.2) is 17.3 Å². The molecule has 0 aliphatic rings. The van der Waals surface area contributed by atoms with Crippen molar-refractivity contribution < 1.29 is 14.2 Å². The maximum absolute atomic E-state index is 14.0. The highest BCUT2D eigenvalue weighted by Gasteiger charge is 2.19. The summed E-state index contributed by atoms with van der Waals surface area (Å²) in [6.07, 6.45) is 1.55. The summed E-state index contributed by atoms with van der Waals surface area (Å²) in [5.41, 5.74) is 4.44. The number of fused-ring (bicyclic) bond motifs is 1. The van der Waals surface area contributed by atoms with Crippen LogP contribution >= 0.6 is 43.5 Å². The van der Waals surface area contributed by atoms with Gasteiger partial charge in [-0.1, -0.05) is 75.5 Å². The fraction of sp³-hybridized carbons (Fsp3) is 0.229. The topological polar surface area (TPSA) is 74.9 Å². The number of ether oxygens (including phenoxy) is 3. The lowest BCUT2D eigenvalue weighted by Gasteiger charge is -2.18. The molecule has 45 heavy (non-hydrogen) atoms. The van der Waals surface area contributed by atoms with Crippen LogP contribution in [0.3, 0.4) is 0 Å². The number of para-hydroxylation sites is 1. The van der Waals surface area contributed by atoms with Gasteiger partial charge in [0.05, 0.1) is 30.8 Å². The number of aryl methyl sites for hydroxylation is 1. The van der Waals surface area contributed by atoms with E-state index in [1.165, 1.54) is 4.68 Å². The summed E-state index contributed by atoms with van der Waals surface area (Å²) in [5.74, 6) is 2.28. The quantitative estimate of drug-likeness (QED) is 0.133. The molecule has 0 spiro atoms. The summed E-state index contributed by atoms with van der Waals surface area (Å²) in [6, 6.07) is 20.5. The van der Waals surface area contributed by atoms with E-state index in [4.69, 9.17) is 35.9 Å². The molecule has 1 heterocycles. The molecule has 5 rings (SSSR count). The van der Waals surface area contributed by atoms with Gasteiger partial charge in [0.25, 0.3) is 5.56 Å². The SMILES string of the molecule is CCOc1cc(C)c(-c2nc3ccccc3c(=O)n2N=Cc2cc(Cl)cc(OC)c2OCc2ccc(Br)cc2Br)cc1C(C)C. The number of halogens is 3. The van der Waals surface area contributed by atoms with Crippen molar-refractivity contribution in [1.29, 1.82) is 0 Å². The van der Waals surface area contributed by atoms with Crippen molar-refractivity contribution in [3.63, 3.8) is 0 Å². The van der Waals surface area contributed by atoms with Crippen LogP contribution in [0.1, 0.15) is 48.9 Å². The van der Waals surface area contributed by atoms with E-state index in [1.54, 1.807) is 31.5 Å². The van der Waals surface area contributed by atoms with E-state index in [9.17, 15) is 4.79 Å². The van der Waals surface area contributed by atoms with E-state index in [2.05, 4.69) is 45.7 Å². The molecule has 7 nitrogen and oxygen atoms in total. The number of rotatable bonds is 10. The van der Waals surface area contributed by atoms with Crippen molar-refractivity contribution in [3.8, 4) is 28.6 Å². The third kappa shape index (κ3) is 7.11. The van der Waals surface area contributed by atoms with Crippen molar-refractivity contribution in [2.75, 3.05) is 13.7 Å². The van der Waals surface area contributed by atoms with Crippen molar-refractivity contribution in [3.05, 3.63) is 113 Å². The first-order valence-corrected chi connectivity index (χ1v) is 16.4. The average Bonchev–Trinajstić information content (AvgIpc) is 3.00. The zero-order valence-corrected chi connectivity index (χ0v) is 29.5. The van der Waals surface area contributed by atoms with Crippen LogP contribution in [0.15, 0.2) is 85.6 Å². The first-order chi connectivity index (χ1) is 21.6. The monoisotopic (exact) mass is 751 g/mol. The van der Waals surface area contributed by atoms with Crippen LogP contribution in [-0.2, 0) is 6.61 Å². The summed E-state index contributed by atoms with van der Waals surface area (Å²) >= 11 is 13.6. The Labute approximate surface area is 284 Å². The molecule has 0 radical (unpaired) electrons. The summed E-state index contributed by atoms with van der Waals surface area (Å²) in [5, 5.41) is 5.59. The van der Waals surface area contributed by atoms with Crippen LogP contribution in [0.2, 0.25) is 5.02 Å². The van der Waals surface area contributed by atoms with Gasteiger partial charge < -0.3 is 14.2 Å². The molecular weight excluding hydrogens is 722 g/mol.